The van der Waals surface area contributed by atoms with Crippen molar-refractivity contribution in [3.63, 3.8) is 0 Å². The number of hydrogen-bond acceptors (Lipinski definition) is 4. The zero-order valence-electron chi connectivity index (χ0n) is 12.1. The number of benzene rings is 1. The lowest BCUT2D eigenvalue weighted by atomic mass is 10.2. The Labute approximate surface area is 129 Å². The molecule has 2 heterocycles. The maximum absolute atomic E-state index is 12.3. The Morgan fingerprint density at radius 2 is 2.14 bits per heavy atom. The van der Waals surface area contributed by atoms with Gasteiger partial charge in [-0.2, -0.15) is 0 Å². The van der Waals surface area contributed by atoms with E-state index >= 15 is 0 Å². The first kappa shape index (κ1) is 14.4. The first-order valence-corrected chi connectivity index (χ1v) is 7.22. The summed E-state index contributed by atoms with van der Waals surface area (Å²) in [5, 5.41) is 0. The molecular weight excluding hydrogens is 278 g/mol. The number of nitrogens with zero attached hydrogens (tertiary/aromatic N) is 3. The molecule has 1 atom stereocenters. The summed E-state index contributed by atoms with van der Waals surface area (Å²) in [6, 6.07) is 9.77. The number of carbonyl (C=O) groups excluding carboxylic acids is 1. The van der Waals surface area contributed by atoms with Crippen LogP contribution >= 0.6 is 0 Å². The molecule has 0 bridgehead atoms. The van der Waals surface area contributed by atoms with Crippen LogP contribution in [0.4, 0.5) is 0 Å². The second-order valence-electron chi connectivity index (χ2n) is 5.02. The molecule has 1 aliphatic heterocycles. The van der Waals surface area contributed by atoms with Crippen molar-refractivity contribution >= 4 is 12.0 Å². The lowest BCUT2D eigenvalue weighted by Gasteiger charge is -2.31. The quantitative estimate of drug-likeness (QED) is 0.814. The van der Waals surface area contributed by atoms with E-state index in [0.29, 0.717) is 19.7 Å². The first-order chi connectivity index (χ1) is 10.8. The van der Waals surface area contributed by atoms with Crippen LogP contribution in [-0.2, 0) is 9.53 Å². The summed E-state index contributed by atoms with van der Waals surface area (Å²) in [6.07, 6.45) is 8.16. The van der Waals surface area contributed by atoms with E-state index in [4.69, 9.17) is 4.74 Å². The number of hydrogen-bond donors (Lipinski definition) is 0. The summed E-state index contributed by atoms with van der Waals surface area (Å²) >= 11 is 0. The Hall–Kier alpha value is -2.53. The molecule has 1 aromatic carbocycles. The average molecular weight is 295 g/mol. The predicted molar refractivity (Wildman–Crippen MR) is 82.8 cm³/mol. The van der Waals surface area contributed by atoms with E-state index in [9.17, 15) is 4.79 Å². The largest absolute Gasteiger partial charge is 0.368 e. The molecule has 0 saturated carbocycles. The summed E-state index contributed by atoms with van der Waals surface area (Å²) in [5.41, 5.74) is 1.77. The van der Waals surface area contributed by atoms with E-state index in [1.165, 1.54) is 0 Å². The van der Waals surface area contributed by atoms with Crippen molar-refractivity contribution in [2.45, 2.75) is 6.10 Å². The van der Waals surface area contributed by atoms with Crippen LogP contribution in [0.25, 0.3) is 6.08 Å². The van der Waals surface area contributed by atoms with Gasteiger partial charge in [0.25, 0.3) is 0 Å². The molecule has 5 heteroatoms. The number of morpholine rings is 1. The van der Waals surface area contributed by atoms with Crippen LogP contribution in [0.2, 0.25) is 0 Å². The average Bonchev–Trinajstić information content (AvgIpc) is 2.61. The summed E-state index contributed by atoms with van der Waals surface area (Å²) < 4.78 is 5.69. The fourth-order valence-electron chi connectivity index (χ4n) is 2.34. The van der Waals surface area contributed by atoms with Gasteiger partial charge in [-0.05, 0) is 11.6 Å². The molecule has 1 unspecified atom stereocenters. The van der Waals surface area contributed by atoms with E-state index in [1.807, 2.05) is 36.4 Å². The van der Waals surface area contributed by atoms with E-state index in [-0.39, 0.29) is 12.0 Å². The van der Waals surface area contributed by atoms with Gasteiger partial charge in [0.2, 0.25) is 5.91 Å². The second-order valence-corrected chi connectivity index (χ2v) is 5.02. The minimum absolute atomic E-state index is 0.0129. The molecule has 0 radical (unpaired) electrons. The summed E-state index contributed by atoms with van der Waals surface area (Å²) in [4.78, 5) is 22.4. The Balaban J connectivity index is 1.64. The monoisotopic (exact) mass is 295 g/mol. The molecule has 1 aliphatic rings. The van der Waals surface area contributed by atoms with Gasteiger partial charge in [0, 0.05) is 25.0 Å². The van der Waals surface area contributed by atoms with Crippen molar-refractivity contribution < 1.29 is 9.53 Å². The third-order valence-electron chi connectivity index (χ3n) is 3.51. The number of aromatic nitrogens is 2. The molecule has 22 heavy (non-hydrogen) atoms. The van der Waals surface area contributed by atoms with E-state index in [0.717, 1.165) is 11.3 Å². The van der Waals surface area contributed by atoms with Gasteiger partial charge in [-0.25, -0.2) is 0 Å². The number of ether oxygens (including phenoxy) is 1. The molecule has 3 rings (SSSR count). The molecule has 1 aromatic heterocycles. The Morgan fingerprint density at radius 1 is 1.27 bits per heavy atom. The molecule has 1 amide bonds. The molecule has 0 aliphatic carbocycles. The van der Waals surface area contributed by atoms with Crippen molar-refractivity contribution in [2.75, 3.05) is 19.7 Å². The smallest absolute Gasteiger partial charge is 0.246 e. The molecule has 1 saturated heterocycles. The Bertz CT molecular complexity index is 643. The zero-order chi connectivity index (χ0) is 15.2. The van der Waals surface area contributed by atoms with Gasteiger partial charge in [-0.1, -0.05) is 30.3 Å². The zero-order valence-corrected chi connectivity index (χ0v) is 12.1. The standard InChI is InChI=1S/C17H17N3O2/c21-17(7-6-14-4-2-1-3-5-14)20-10-11-22-16(13-20)15-12-18-8-9-19-15/h1-9,12,16H,10-11,13H2. The van der Waals surface area contributed by atoms with Crippen LogP contribution in [0.3, 0.4) is 0 Å². The third-order valence-corrected chi connectivity index (χ3v) is 3.51. The van der Waals surface area contributed by atoms with Gasteiger partial charge in [0.15, 0.2) is 0 Å². The number of amides is 1. The normalized spacial score (nSPS) is 18.5. The molecule has 5 nitrogen and oxygen atoms in total. The Morgan fingerprint density at radius 3 is 2.91 bits per heavy atom. The highest BCUT2D eigenvalue weighted by Gasteiger charge is 2.25. The highest BCUT2D eigenvalue weighted by molar-refractivity contribution is 5.91. The van der Waals surface area contributed by atoms with Crippen molar-refractivity contribution in [1.29, 1.82) is 0 Å². The molecular formula is C17H17N3O2. The van der Waals surface area contributed by atoms with Gasteiger partial charge in [-0.15, -0.1) is 0 Å². The molecule has 2 aromatic rings. The lowest BCUT2D eigenvalue weighted by Crippen LogP contribution is -2.41. The highest BCUT2D eigenvalue weighted by atomic mass is 16.5. The van der Waals surface area contributed by atoms with Crippen molar-refractivity contribution in [2.24, 2.45) is 0 Å². The first-order valence-electron chi connectivity index (χ1n) is 7.22. The molecule has 0 spiro atoms. The predicted octanol–water partition coefficient (Wildman–Crippen LogP) is 2.09. The van der Waals surface area contributed by atoms with Crippen LogP contribution < -0.4 is 0 Å². The number of rotatable bonds is 3. The lowest BCUT2D eigenvalue weighted by molar-refractivity contribution is -0.133. The van der Waals surface area contributed by atoms with E-state index < -0.39 is 0 Å². The topological polar surface area (TPSA) is 55.3 Å². The van der Waals surface area contributed by atoms with Crippen LogP contribution in [0, 0.1) is 0 Å². The summed E-state index contributed by atoms with van der Waals surface area (Å²) in [7, 11) is 0. The van der Waals surface area contributed by atoms with Crippen molar-refractivity contribution in [1.82, 2.24) is 14.9 Å². The SMILES string of the molecule is O=C(C=Cc1ccccc1)N1CCOC(c2cnccn2)C1. The van der Waals surface area contributed by atoms with E-state index in [1.54, 1.807) is 29.6 Å². The Kier molecular flexibility index (Phi) is 4.56. The van der Waals surface area contributed by atoms with Gasteiger partial charge < -0.3 is 9.64 Å². The van der Waals surface area contributed by atoms with Gasteiger partial charge in [0.05, 0.1) is 25.0 Å². The van der Waals surface area contributed by atoms with Crippen LogP contribution in [-0.4, -0.2) is 40.5 Å². The molecule has 112 valence electrons. The summed E-state index contributed by atoms with van der Waals surface area (Å²) in [5.74, 6) is -0.0129. The fourth-order valence-corrected chi connectivity index (χ4v) is 2.34. The third kappa shape index (κ3) is 3.56. The number of carbonyl (C=O) groups is 1. The fraction of sp³-hybridized carbons (Fsp3) is 0.235. The van der Waals surface area contributed by atoms with Crippen LogP contribution in [0.5, 0.6) is 0 Å². The highest BCUT2D eigenvalue weighted by Crippen LogP contribution is 2.19. The van der Waals surface area contributed by atoms with Gasteiger partial charge in [-0.3, -0.25) is 14.8 Å². The molecule has 0 N–H and O–H groups in total. The maximum Gasteiger partial charge on any atom is 0.246 e. The minimum Gasteiger partial charge on any atom is -0.368 e. The second kappa shape index (κ2) is 6.95. The van der Waals surface area contributed by atoms with Crippen LogP contribution in [0.1, 0.15) is 17.4 Å². The molecule has 1 fully saturated rings. The van der Waals surface area contributed by atoms with Crippen molar-refractivity contribution in [3.05, 3.63) is 66.3 Å². The van der Waals surface area contributed by atoms with Crippen LogP contribution in [0.15, 0.2) is 55.0 Å². The minimum atomic E-state index is -0.212. The van der Waals surface area contributed by atoms with Crippen molar-refractivity contribution in [3.8, 4) is 0 Å². The van der Waals surface area contributed by atoms with Gasteiger partial charge >= 0.3 is 0 Å². The maximum atomic E-state index is 12.3. The van der Waals surface area contributed by atoms with Gasteiger partial charge in [0.1, 0.15) is 6.10 Å². The summed E-state index contributed by atoms with van der Waals surface area (Å²) in [6.45, 7) is 1.59. The van der Waals surface area contributed by atoms with E-state index in [2.05, 4.69) is 9.97 Å².